The van der Waals surface area contributed by atoms with Gasteiger partial charge in [-0.25, -0.2) is 0 Å². The molecule has 88 valence electrons. The Hall–Kier alpha value is -0.740. The van der Waals surface area contributed by atoms with Crippen molar-refractivity contribution in [1.29, 1.82) is 0 Å². The molecule has 4 heteroatoms. The van der Waals surface area contributed by atoms with Gasteiger partial charge < -0.3 is 15.6 Å². The summed E-state index contributed by atoms with van der Waals surface area (Å²) in [6, 6.07) is 3.71. The molecule has 2 rings (SSSR count). The second-order valence-electron chi connectivity index (χ2n) is 4.34. The van der Waals surface area contributed by atoms with Crippen LogP contribution in [0.5, 0.6) is 11.5 Å². The van der Waals surface area contributed by atoms with Crippen molar-refractivity contribution < 1.29 is 9.84 Å². The maximum absolute atomic E-state index is 10.1. The Bertz CT molecular complexity index is 397. The fraction of sp³-hybridized carbons (Fsp3) is 0.500. The lowest BCUT2D eigenvalue weighted by atomic mass is 9.64. The van der Waals surface area contributed by atoms with Crippen molar-refractivity contribution in [3.8, 4) is 11.5 Å². The van der Waals surface area contributed by atoms with Crippen LogP contribution in [0.25, 0.3) is 0 Å². The Kier molecular flexibility index (Phi) is 3.13. The number of phenolic OH excluding ortho intramolecular Hbond substituents is 1. The van der Waals surface area contributed by atoms with Gasteiger partial charge in [-0.1, -0.05) is 22.4 Å². The third kappa shape index (κ3) is 1.70. The minimum atomic E-state index is -0.0544. The molecule has 0 saturated heterocycles. The first kappa shape index (κ1) is 11.7. The molecule has 0 unspecified atom stereocenters. The third-order valence-corrected chi connectivity index (χ3v) is 3.99. The van der Waals surface area contributed by atoms with Crippen LogP contribution in [0, 0.1) is 0 Å². The minimum absolute atomic E-state index is 0.0544. The van der Waals surface area contributed by atoms with Gasteiger partial charge in [-0.15, -0.1) is 0 Å². The van der Waals surface area contributed by atoms with Gasteiger partial charge in [0.1, 0.15) is 0 Å². The first-order valence-electron chi connectivity index (χ1n) is 5.40. The van der Waals surface area contributed by atoms with Crippen LogP contribution in [0.4, 0.5) is 0 Å². The summed E-state index contributed by atoms with van der Waals surface area (Å²) in [5.41, 5.74) is 6.70. The molecule has 1 aliphatic carbocycles. The van der Waals surface area contributed by atoms with Crippen LogP contribution in [0.15, 0.2) is 16.6 Å². The second kappa shape index (κ2) is 4.26. The molecule has 0 radical (unpaired) electrons. The zero-order valence-corrected chi connectivity index (χ0v) is 10.9. The van der Waals surface area contributed by atoms with Gasteiger partial charge in [-0.3, -0.25) is 0 Å². The van der Waals surface area contributed by atoms with E-state index in [0.717, 1.165) is 22.9 Å². The number of methoxy groups -OCH3 is 1. The van der Waals surface area contributed by atoms with E-state index in [2.05, 4.69) is 15.9 Å². The lowest BCUT2D eigenvalue weighted by Gasteiger charge is -2.42. The van der Waals surface area contributed by atoms with E-state index >= 15 is 0 Å². The monoisotopic (exact) mass is 285 g/mol. The molecule has 16 heavy (non-hydrogen) atoms. The molecule has 1 saturated carbocycles. The highest BCUT2D eigenvalue weighted by molar-refractivity contribution is 9.10. The van der Waals surface area contributed by atoms with E-state index in [1.165, 1.54) is 6.42 Å². The van der Waals surface area contributed by atoms with Crippen LogP contribution >= 0.6 is 15.9 Å². The molecule has 0 amide bonds. The molecule has 0 aliphatic heterocycles. The Morgan fingerprint density at radius 1 is 1.50 bits per heavy atom. The van der Waals surface area contributed by atoms with Crippen LogP contribution in [-0.2, 0) is 5.41 Å². The molecule has 1 fully saturated rings. The van der Waals surface area contributed by atoms with Crippen molar-refractivity contribution in [2.45, 2.75) is 24.7 Å². The zero-order valence-electron chi connectivity index (χ0n) is 9.29. The number of phenols is 1. The fourth-order valence-corrected chi connectivity index (χ4v) is 2.76. The number of halogens is 1. The van der Waals surface area contributed by atoms with E-state index in [4.69, 9.17) is 10.5 Å². The van der Waals surface area contributed by atoms with Crippen LogP contribution in [-0.4, -0.2) is 18.8 Å². The third-order valence-electron chi connectivity index (χ3n) is 3.53. The molecule has 0 spiro atoms. The van der Waals surface area contributed by atoms with Crippen LogP contribution in [0.1, 0.15) is 24.8 Å². The van der Waals surface area contributed by atoms with Gasteiger partial charge in [-0.2, -0.15) is 0 Å². The summed E-state index contributed by atoms with van der Waals surface area (Å²) in [6.07, 6.45) is 3.25. The first-order chi connectivity index (χ1) is 7.63. The van der Waals surface area contributed by atoms with Gasteiger partial charge in [0.15, 0.2) is 11.5 Å². The van der Waals surface area contributed by atoms with Gasteiger partial charge in [0.25, 0.3) is 0 Å². The lowest BCUT2D eigenvalue weighted by molar-refractivity contribution is 0.242. The van der Waals surface area contributed by atoms with Crippen molar-refractivity contribution in [3.05, 3.63) is 22.2 Å². The van der Waals surface area contributed by atoms with Gasteiger partial charge in [0.05, 0.1) is 7.11 Å². The van der Waals surface area contributed by atoms with E-state index in [9.17, 15) is 5.11 Å². The van der Waals surface area contributed by atoms with E-state index < -0.39 is 0 Å². The van der Waals surface area contributed by atoms with Crippen LogP contribution in [0.2, 0.25) is 0 Å². The van der Waals surface area contributed by atoms with E-state index in [1.807, 2.05) is 6.07 Å². The molecule has 0 heterocycles. The normalized spacial score (nSPS) is 17.9. The van der Waals surface area contributed by atoms with Gasteiger partial charge in [0, 0.05) is 22.0 Å². The number of nitrogens with two attached hydrogens (primary N) is 1. The second-order valence-corrected chi connectivity index (χ2v) is 5.26. The molecule has 1 aromatic rings. The summed E-state index contributed by atoms with van der Waals surface area (Å²) in [5.74, 6) is 0.736. The molecule has 0 atom stereocenters. The van der Waals surface area contributed by atoms with Gasteiger partial charge in [0.2, 0.25) is 0 Å². The quantitative estimate of drug-likeness (QED) is 0.897. The van der Waals surface area contributed by atoms with E-state index in [0.29, 0.717) is 12.3 Å². The van der Waals surface area contributed by atoms with Crippen molar-refractivity contribution in [2.75, 3.05) is 13.7 Å². The maximum atomic E-state index is 10.1. The Balaban J connectivity index is 2.51. The van der Waals surface area contributed by atoms with Crippen molar-refractivity contribution in [2.24, 2.45) is 5.73 Å². The summed E-state index contributed by atoms with van der Waals surface area (Å²) in [6.45, 7) is 0.570. The van der Waals surface area contributed by atoms with E-state index in [-0.39, 0.29) is 11.2 Å². The van der Waals surface area contributed by atoms with Crippen molar-refractivity contribution in [1.82, 2.24) is 0 Å². The Labute approximate surface area is 104 Å². The Morgan fingerprint density at radius 2 is 2.19 bits per heavy atom. The van der Waals surface area contributed by atoms with Crippen LogP contribution in [0.3, 0.4) is 0 Å². The molecule has 0 aromatic heterocycles. The van der Waals surface area contributed by atoms with E-state index in [1.54, 1.807) is 13.2 Å². The number of aromatic hydroxyl groups is 1. The number of rotatable bonds is 3. The topological polar surface area (TPSA) is 55.5 Å². The minimum Gasteiger partial charge on any atom is -0.504 e. The predicted octanol–water partition coefficient (Wildman–Crippen LogP) is 2.54. The molecular formula is C12H16BrNO2. The number of hydrogen-bond donors (Lipinski definition) is 2. The highest BCUT2D eigenvalue weighted by Crippen LogP contribution is 2.49. The zero-order chi connectivity index (χ0) is 11.8. The summed E-state index contributed by atoms with van der Waals surface area (Å²) in [7, 11) is 1.56. The molecule has 1 aromatic carbocycles. The maximum Gasteiger partial charge on any atom is 0.161 e. The standard InChI is InChI=1S/C12H16BrNO2/c1-16-10-6-8(13)5-9(11(10)15)12(7-14)3-2-4-12/h5-6,15H,2-4,7,14H2,1H3. The molecular weight excluding hydrogens is 270 g/mol. The average molecular weight is 286 g/mol. The average Bonchev–Trinajstić information content (AvgIpc) is 2.21. The molecule has 0 bridgehead atoms. The Morgan fingerprint density at radius 3 is 2.62 bits per heavy atom. The SMILES string of the molecule is COc1cc(Br)cc(C2(CN)CCC2)c1O. The number of benzene rings is 1. The summed E-state index contributed by atoms with van der Waals surface area (Å²) in [5, 5.41) is 10.1. The summed E-state index contributed by atoms with van der Waals surface area (Å²) < 4.78 is 6.07. The summed E-state index contributed by atoms with van der Waals surface area (Å²) >= 11 is 3.43. The van der Waals surface area contributed by atoms with Crippen molar-refractivity contribution >= 4 is 15.9 Å². The molecule has 3 nitrogen and oxygen atoms in total. The summed E-state index contributed by atoms with van der Waals surface area (Å²) in [4.78, 5) is 0. The fourth-order valence-electron chi connectivity index (χ4n) is 2.32. The molecule has 1 aliphatic rings. The number of hydrogen-bond acceptors (Lipinski definition) is 3. The largest absolute Gasteiger partial charge is 0.504 e. The smallest absolute Gasteiger partial charge is 0.161 e. The van der Waals surface area contributed by atoms with Gasteiger partial charge in [-0.05, 0) is 25.0 Å². The van der Waals surface area contributed by atoms with Gasteiger partial charge >= 0.3 is 0 Å². The van der Waals surface area contributed by atoms with Crippen molar-refractivity contribution in [3.63, 3.8) is 0 Å². The molecule has 3 N–H and O–H groups in total. The number of ether oxygens (including phenoxy) is 1. The highest BCUT2D eigenvalue weighted by atomic mass is 79.9. The highest BCUT2D eigenvalue weighted by Gasteiger charge is 2.40. The lowest BCUT2D eigenvalue weighted by Crippen LogP contribution is -2.41. The predicted molar refractivity (Wildman–Crippen MR) is 66.9 cm³/mol. The first-order valence-corrected chi connectivity index (χ1v) is 6.19. The van der Waals surface area contributed by atoms with Crippen LogP contribution < -0.4 is 10.5 Å².